The molecule has 0 heterocycles. The fourth-order valence-electron chi connectivity index (χ4n) is 1.32. The number of hydrogen-bond acceptors (Lipinski definition) is 4. The van der Waals surface area contributed by atoms with Gasteiger partial charge in [0.15, 0.2) is 0 Å². The van der Waals surface area contributed by atoms with Crippen LogP contribution in [0.4, 0.5) is 0 Å². The van der Waals surface area contributed by atoms with Crippen molar-refractivity contribution in [1.29, 1.82) is 0 Å². The summed E-state index contributed by atoms with van der Waals surface area (Å²) in [6.45, 7) is -0.0996. The van der Waals surface area contributed by atoms with Gasteiger partial charge < -0.3 is 21.7 Å². The third-order valence-corrected chi connectivity index (χ3v) is 2.30. The molecule has 1 aromatic rings. The van der Waals surface area contributed by atoms with Gasteiger partial charge in [-0.3, -0.25) is 0 Å². The van der Waals surface area contributed by atoms with Crippen molar-refractivity contribution in [2.45, 2.75) is 12.5 Å². The van der Waals surface area contributed by atoms with Crippen LogP contribution in [0.5, 0.6) is 5.75 Å². The summed E-state index contributed by atoms with van der Waals surface area (Å²) in [5.74, 6) is 0.110. The van der Waals surface area contributed by atoms with E-state index in [2.05, 4.69) is 0 Å². The van der Waals surface area contributed by atoms with E-state index < -0.39 is 0 Å². The molecule has 0 saturated heterocycles. The van der Waals surface area contributed by atoms with Crippen LogP contribution in [0.15, 0.2) is 18.2 Å². The number of aromatic hydroxyl groups is 1. The van der Waals surface area contributed by atoms with Gasteiger partial charge in [-0.2, -0.15) is 0 Å². The van der Waals surface area contributed by atoms with Gasteiger partial charge >= 0.3 is 0 Å². The summed E-state index contributed by atoms with van der Waals surface area (Å²) >= 11 is 4.86. The zero-order valence-electron chi connectivity index (χ0n) is 8.18. The number of benzene rings is 1. The van der Waals surface area contributed by atoms with Crippen molar-refractivity contribution in [2.24, 2.45) is 11.5 Å². The molecule has 0 aromatic heterocycles. The first kappa shape index (κ1) is 11.9. The minimum Gasteiger partial charge on any atom is -0.508 e. The number of thiocarbonyl (C=S) groups is 1. The Morgan fingerprint density at radius 3 is 2.67 bits per heavy atom. The molecule has 0 bridgehead atoms. The van der Waals surface area contributed by atoms with E-state index in [4.69, 9.17) is 28.8 Å². The first-order chi connectivity index (χ1) is 7.04. The van der Waals surface area contributed by atoms with Crippen LogP contribution < -0.4 is 11.5 Å². The Hall–Kier alpha value is -1.17. The fraction of sp³-hybridized carbons (Fsp3) is 0.300. The number of aliphatic hydroxyl groups is 1. The van der Waals surface area contributed by atoms with Crippen molar-refractivity contribution in [2.75, 3.05) is 6.61 Å². The molecule has 15 heavy (non-hydrogen) atoms. The molecule has 1 rings (SSSR count). The molecule has 5 heteroatoms. The van der Waals surface area contributed by atoms with Crippen LogP contribution in [0, 0.1) is 0 Å². The molecule has 1 atom stereocenters. The summed E-state index contributed by atoms with van der Waals surface area (Å²) in [5.41, 5.74) is 12.6. The number of nitrogens with two attached hydrogens (primary N) is 2. The molecule has 0 spiro atoms. The minimum absolute atomic E-state index is 0.0996. The first-order valence-corrected chi connectivity index (χ1v) is 4.93. The monoisotopic (exact) mass is 226 g/mol. The fourth-order valence-corrected chi connectivity index (χ4v) is 1.51. The molecule has 0 radical (unpaired) electrons. The number of hydrogen-bond donors (Lipinski definition) is 4. The average Bonchev–Trinajstić information content (AvgIpc) is 2.20. The zero-order valence-corrected chi connectivity index (χ0v) is 9.00. The lowest BCUT2D eigenvalue weighted by Crippen LogP contribution is -2.28. The van der Waals surface area contributed by atoms with Gasteiger partial charge in [0, 0.05) is 11.6 Å². The lowest BCUT2D eigenvalue weighted by molar-refractivity contribution is 0.265. The molecule has 0 amide bonds. The quantitative estimate of drug-likeness (QED) is 0.538. The average molecular weight is 226 g/mol. The Bertz CT molecular complexity index is 368. The molecular weight excluding hydrogens is 212 g/mol. The summed E-state index contributed by atoms with van der Waals surface area (Å²) in [6, 6.07) is 4.41. The standard InChI is InChI=1S/C10H14N2O2S/c11-7(5-13)3-6-1-2-8(14)4-9(6)10(12)15/h1-2,4,7,13-14H,3,5,11H2,(H2,12,15)/t7-/m0/s1. The molecular formula is C10H14N2O2S. The molecule has 6 N–H and O–H groups in total. The third kappa shape index (κ3) is 3.16. The lowest BCUT2D eigenvalue weighted by atomic mass is 10.0. The molecule has 1 aromatic carbocycles. The summed E-state index contributed by atoms with van der Waals surface area (Å²) in [7, 11) is 0. The summed E-state index contributed by atoms with van der Waals surface area (Å²) < 4.78 is 0. The first-order valence-electron chi connectivity index (χ1n) is 4.52. The van der Waals surface area contributed by atoms with Crippen LogP contribution >= 0.6 is 12.2 Å². The topological polar surface area (TPSA) is 92.5 Å². The number of aliphatic hydroxyl groups excluding tert-OH is 1. The number of phenols is 1. The van der Waals surface area contributed by atoms with Gasteiger partial charge in [-0.1, -0.05) is 18.3 Å². The second kappa shape index (κ2) is 5.06. The number of phenolic OH excluding ortho intramolecular Hbond substituents is 1. The third-order valence-electron chi connectivity index (χ3n) is 2.08. The highest BCUT2D eigenvalue weighted by atomic mass is 32.1. The maximum atomic E-state index is 9.28. The van der Waals surface area contributed by atoms with Crippen LogP contribution in [0.3, 0.4) is 0 Å². The van der Waals surface area contributed by atoms with E-state index in [1.54, 1.807) is 12.1 Å². The molecule has 4 nitrogen and oxygen atoms in total. The van der Waals surface area contributed by atoms with Crippen LogP contribution in [0.25, 0.3) is 0 Å². The molecule has 0 unspecified atom stereocenters. The van der Waals surface area contributed by atoms with E-state index in [0.29, 0.717) is 12.0 Å². The van der Waals surface area contributed by atoms with Gasteiger partial charge in [0.2, 0.25) is 0 Å². The van der Waals surface area contributed by atoms with E-state index in [1.807, 2.05) is 0 Å². The highest BCUT2D eigenvalue weighted by Crippen LogP contribution is 2.17. The van der Waals surface area contributed by atoms with Crippen molar-refractivity contribution in [3.63, 3.8) is 0 Å². The largest absolute Gasteiger partial charge is 0.508 e. The minimum atomic E-state index is -0.345. The Balaban J connectivity index is 3.01. The molecule has 0 aliphatic carbocycles. The molecule has 0 saturated carbocycles. The van der Waals surface area contributed by atoms with Crippen molar-refractivity contribution in [1.82, 2.24) is 0 Å². The second-order valence-electron chi connectivity index (χ2n) is 3.35. The Kier molecular flexibility index (Phi) is 4.02. The van der Waals surface area contributed by atoms with Crippen LogP contribution in [-0.2, 0) is 6.42 Å². The normalized spacial score (nSPS) is 12.4. The highest BCUT2D eigenvalue weighted by Gasteiger charge is 2.09. The maximum absolute atomic E-state index is 9.28. The van der Waals surface area contributed by atoms with Crippen molar-refractivity contribution < 1.29 is 10.2 Å². The summed E-state index contributed by atoms with van der Waals surface area (Å²) in [5, 5.41) is 18.1. The van der Waals surface area contributed by atoms with Crippen molar-refractivity contribution >= 4 is 17.2 Å². The molecule has 0 aliphatic heterocycles. The van der Waals surface area contributed by atoms with Crippen LogP contribution in [-0.4, -0.2) is 27.9 Å². The van der Waals surface area contributed by atoms with Gasteiger partial charge in [0.25, 0.3) is 0 Å². The molecule has 0 fully saturated rings. The summed E-state index contributed by atoms with van der Waals surface area (Å²) in [4.78, 5) is 0.214. The maximum Gasteiger partial charge on any atom is 0.116 e. The van der Waals surface area contributed by atoms with Gasteiger partial charge in [-0.05, 0) is 24.1 Å². The van der Waals surface area contributed by atoms with E-state index in [9.17, 15) is 5.11 Å². The van der Waals surface area contributed by atoms with E-state index in [1.165, 1.54) is 6.07 Å². The predicted molar refractivity (Wildman–Crippen MR) is 62.8 cm³/mol. The van der Waals surface area contributed by atoms with E-state index >= 15 is 0 Å². The SMILES string of the molecule is NC(=S)c1cc(O)ccc1C[C@H](N)CO. The lowest BCUT2D eigenvalue weighted by Gasteiger charge is -2.12. The molecule has 82 valence electrons. The second-order valence-corrected chi connectivity index (χ2v) is 3.79. The zero-order chi connectivity index (χ0) is 11.4. The Labute approximate surface area is 93.5 Å². The Morgan fingerprint density at radius 1 is 1.47 bits per heavy atom. The van der Waals surface area contributed by atoms with Gasteiger partial charge in [-0.25, -0.2) is 0 Å². The number of rotatable bonds is 4. The van der Waals surface area contributed by atoms with Gasteiger partial charge in [0.1, 0.15) is 10.7 Å². The van der Waals surface area contributed by atoms with Crippen molar-refractivity contribution in [3.05, 3.63) is 29.3 Å². The van der Waals surface area contributed by atoms with E-state index in [-0.39, 0.29) is 23.4 Å². The highest BCUT2D eigenvalue weighted by molar-refractivity contribution is 7.80. The van der Waals surface area contributed by atoms with Crippen LogP contribution in [0.2, 0.25) is 0 Å². The smallest absolute Gasteiger partial charge is 0.116 e. The van der Waals surface area contributed by atoms with Gasteiger partial charge in [0.05, 0.1) is 6.61 Å². The van der Waals surface area contributed by atoms with Crippen molar-refractivity contribution in [3.8, 4) is 5.75 Å². The predicted octanol–water partition coefficient (Wildman–Crippen LogP) is -0.111. The molecule has 0 aliphatic rings. The Morgan fingerprint density at radius 2 is 2.13 bits per heavy atom. The van der Waals surface area contributed by atoms with Crippen LogP contribution in [0.1, 0.15) is 11.1 Å². The van der Waals surface area contributed by atoms with Gasteiger partial charge in [-0.15, -0.1) is 0 Å². The van der Waals surface area contributed by atoms with E-state index in [0.717, 1.165) is 5.56 Å². The summed E-state index contributed by atoms with van der Waals surface area (Å²) in [6.07, 6.45) is 0.476.